The molecule has 0 saturated carbocycles. The summed E-state index contributed by atoms with van der Waals surface area (Å²) in [6.07, 6.45) is 4.57. The van der Waals surface area contributed by atoms with Crippen LogP contribution in [0.1, 0.15) is 16.1 Å². The lowest BCUT2D eigenvalue weighted by atomic mass is 10.1. The Balaban J connectivity index is 1.30. The van der Waals surface area contributed by atoms with Crippen LogP contribution in [-0.4, -0.2) is 21.4 Å². The quantitative estimate of drug-likeness (QED) is 0.496. The summed E-state index contributed by atoms with van der Waals surface area (Å²) in [6, 6.07) is 12.6. The van der Waals surface area contributed by atoms with Gasteiger partial charge < -0.3 is 4.42 Å². The highest BCUT2D eigenvalue weighted by Gasteiger charge is 2.20. The second kappa shape index (κ2) is 6.79. The maximum Gasteiger partial charge on any atom is 0.195 e. The van der Waals surface area contributed by atoms with Gasteiger partial charge in [-0.1, -0.05) is 6.07 Å². The molecule has 0 unspecified atom stereocenters. The van der Waals surface area contributed by atoms with E-state index in [1.807, 2.05) is 29.7 Å². The number of rotatable bonds is 4. The van der Waals surface area contributed by atoms with E-state index < -0.39 is 0 Å². The Bertz CT molecular complexity index is 1010. The third-order valence-corrected chi connectivity index (χ3v) is 6.70. The lowest BCUT2D eigenvalue weighted by Gasteiger charge is -2.27. The van der Waals surface area contributed by atoms with Crippen molar-refractivity contribution >= 4 is 22.7 Å². The van der Waals surface area contributed by atoms with Gasteiger partial charge in [0.2, 0.25) is 0 Å². The molecule has 0 atom stereocenters. The van der Waals surface area contributed by atoms with Gasteiger partial charge in [-0.2, -0.15) is 0 Å². The van der Waals surface area contributed by atoms with Crippen molar-refractivity contribution in [1.82, 2.24) is 14.9 Å². The fourth-order valence-corrected chi connectivity index (χ4v) is 5.15. The fourth-order valence-electron chi connectivity index (χ4n) is 3.27. The molecule has 0 spiro atoms. The van der Waals surface area contributed by atoms with Gasteiger partial charge in [0.25, 0.3) is 0 Å². The summed E-state index contributed by atoms with van der Waals surface area (Å²) in [5, 5.41) is 2.13. The SMILES string of the molecule is c1coc(-c2ncc3c(n2)CCN(Cc2ccc(-c4cccs4)s2)C3)c1. The lowest BCUT2D eigenvalue weighted by molar-refractivity contribution is 0.245. The smallest absolute Gasteiger partial charge is 0.195 e. The van der Waals surface area contributed by atoms with E-state index in [1.165, 1.54) is 20.2 Å². The zero-order valence-corrected chi connectivity index (χ0v) is 15.7. The van der Waals surface area contributed by atoms with Crippen LogP contribution >= 0.6 is 22.7 Å². The second-order valence-electron chi connectivity index (χ2n) is 6.35. The summed E-state index contributed by atoms with van der Waals surface area (Å²) < 4.78 is 5.41. The van der Waals surface area contributed by atoms with Gasteiger partial charge in [-0.15, -0.1) is 22.7 Å². The molecule has 1 aliphatic heterocycles. The third-order valence-electron chi connectivity index (χ3n) is 4.56. The van der Waals surface area contributed by atoms with E-state index in [0.717, 1.165) is 37.5 Å². The number of hydrogen-bond donors (Lipinski definition) is 0. The lowest BCUT2D eigenvalue weighted by Crippen LogP contribution is -2.30. The highest BCUT2D eigenvalue weighted by molar-refractivity contribution is 7.21. The van der Waals surface area contributed by atoms with E-state index >= 15 is 0 Å². The van der Waals surface area contributed by atoms with Crippen molar-refractivity contribution in [2.75, 3.05) is 6.54 Å². The largest absolute Gasteiger partial charge is 0.461 e. The van der Waals surface area contributed by atoms with Crippen molar-refractivity contribution in [2.45, 2.75) is 19.5 Å². The molecule has 0 aromatic carbocycles. The van der Waals surface area contributed by atoms with Crippen LogP contribution in [0.5, 0.6) is 0 Å². The van der Waals surface area contributed by atoms with E-state index in [4.69, 9.17) is 9.40 Å². The Hall–Kier alpha value is -2.28. The molecule has 130 valence electrons. The second-order valence-corrected chi connectivity index (χ2v) is 8.46. The molecule has 5 rings (SSSR count). The van der Waals surface area contributed by atoms with Crippen LogP contribution in [0.3, 0.4) is 0 Å². The van der Waals surface area contributed by atoms with Crippen LogP contribution < -0.4 is 0 Å². The monoisotopic (exact) mass is 379 g/mol. The van der Waals surface area contributed by atoms with E-state index in [-0.39, 0.29) is 0 Å². The number of hydrogen-bond acceptors (Lipinski definition) is 6. The molecular weight excluding hydrogens is 362 g/mol. The van der Waals surface area contributed by atoms with Gasteiger partial charge >= 0.3 is 0 Å². The Morgan fingerprint density at radius 1 is 1.12 bits per heavy atom. The predicted molar refractivity (Wildman–Crippen MR) is 105 cm³/mol. The minimum absolute atomic E-state index is 0.682. The topological polar surface area (TPSA) is 42.2 Å². The van der Waals surface area contributed by atoms with E-state index in [0.29, 0.717) is 5.82 Å². The molecule has 4 aromatic rings. The molecule has 4 aromatic heterocycles. The minimum Gasteiger partial charge on any atom is -0.461 e. The van der Waals surface area contributed by atoms with Crippen molar-refractivity contribution < 1.29 is 4.42 Å². The van der Waals surface area contributed by atoms with Crippen molar-refractivity contribution in [3.8, 4) is 21.3 Å². The minimum atomic E-state index is 0.682. The van der Waals surface area contributed by atoms with Gasteiger partial charge in [-0.05, 0) is 35.7 Å². The molecule has 1 aliphatic rings. The van der Waals surface area contributed by atoms with Gasteiger partial charge in [0, 0.05) is 52.4 Å². The normalized spacial score (nSPS) is 14.5. The average molecular weight is 380 g/mol. The number of fused-ring (bicyclic) bond motifs is 1. The van der Waals surface area contributed by atoms with Crippen molar-refractivity contribution in [3.05, 3.63) is 70.4 Å². The molecule has 0 fully saturated rings. The van der Waals surface area contributed by atoms with Gasteiger partial charge in [-0.3, -0.25) is 4.90 Å². The average Bonchev–Trinajstić information content (AvgIpc) is 3.42. The van der Waals surface area contributed by atoms with Gasteiger partial charge in [0.1, 0.15) is 0 Å². The summed E-state index contributed by atoms with van der Waals surface area (Å²) in [5.74, 6) is 1.41. The highest BCUT2D eigenvalue weighted by Crippen LogP contribution is 2.32. The summed E-state index contributed by atoms with van der Waals surface area (Å²) in [7, 11) is 0. The summed E-state index contributed by atoms with van der Waals surface area (Å²) in [5.41, 5.74) is 2.37. The number of nitrogens with zero attached hydrogens (tertiary/aromatic N) is 3. The van der Waals surface area contributed by atoms with Gasteiger partial charge in [0.15, 0.2) is 11.6 Å². The first kappa shape index (κ1) is 15.9. The molecule has 6 heteroatoms. The first-order valence-electron chi connectivity index (χ1n) is 8.59. The third kappa shape index (κ3) is 3.11. The first-order chi connectivity index (χ1) is 12.8. The number of furan rings is 1. The van der Waals surface area contributed by atoms with Crippen LogP contribution in [0.15, 0.2) is 58.7 Å². The molecule has 5 heterocycles. The molecular formula is C20H17N3OS2. The standard InChI is InChI=1S/C20H17N3OS2/c1-3-17(24-9-1)20-21-11-14-12-23(8-7-16(14)22-20)13-15-5-6-19(26-15)18-4-2-10-25-18/h1-6,9-11H,7-8,12-13H2. The van der Waals surface area contributed by atoms with Crippen LogP contribution in [0, 0.1) is 0 Å². The van der Waals surface area contributed by atoms with E-state index in [1.54, 1.807) is 17.6 Å². The summed E-state index contributed by atoms with van der Waals surface area (Å²) >= 11 is 3.69. The Labute approximate surface area is 159 Å². The summed E-state index contributed by atoms with van der Waals surface area (Å²) in [4.78, 5) is 15.8. The zero-order chi connectivity index (χ0) is 17.3. The van der Waals surface area contributed by atoms with Crippen LogP contribution in [0.25, 0.3) is 21.3 Å². The maximum atomic E-state index is 5.41. The molecule has 0 amide bonds. The number of aromatic nitrogens is 2. The molecule has 0 bridgehead atoms. The first-order valence-corrected chi connectivity index (χ1v) is 10.3. The predicted octanol–water partition coefficient (Wildman–Crippen LogP) is 5.08. The molecule has 0 saturated heterocycles. The van der Waals surface area contributed by atoms with Gasteiger partial charge in [0.05, 0.1) is 12.0 Å². The molecule has 0 N–H and O–H groups in total. The fraction of sp³-hybridized carbons (Fsp3) is 0.200. The Morgan fingerprint density at radius 2 is 2.12 bits per heavy atom. The zero-order valence-electron chi connectivity index (χ0n) is 14.1. The van der Waals surface area contributed by atoms with Crippen LogP contribution in [-0.2, 0) is 19.5 Å². The summed E-state index contributed by atoms with van der Waals surface area (Å²) in [6.45, 7) is 2.91. The molecule has 0 aliphatic carbocycles. The van der Waals surface area contributed by atoms with Crippen molar-refractivity contribution in [3.63, 3.8) is 0 Å². The molecule has 26 heavy (non-hydrogen) atoms. The van der Waals surface area contributed by atoms with E-state index in [9.17, 15) is 0 Å². The van der Waals surface area contributed by atoms with E-state index in [2.05, 4.69) is 39.5 Å². The Morgan fingerprint density at radius 3 is 2.96 bits per heavy atom. The number of thiophene rings is 2. The van der Waals surface area contributed by atoms with Crippen LogP contribution in [0.4, 0.5) is 0 Å². The van der Waals surface area contributed by atoms with Crippen LogP contribution in [0.2, 0.25) is 0 Å². The molecule has 0 radical (unpaired) electrons. The van der Waals surface area contributed by atoms with Gasteiger partial charge in [-0.25, -0.2) is 9.97 Å². The molecule has 4 nitrogen and oxygen atoms in total. The maximum absolute atomic E-state index is 5.41. The van der Waals surface area contributed by atoms with Crippen molar-refractivity contribution in [1.29, 1.82) is 0 Å². The highest BCUT2D eigenvalue weighted by atomic mass is 32.1. The Kier molecular flexibility index (Phi) is 4.16. The van der Waals surface area contributed by atoms with Crippen molar-refractivity contribution in [2.24, 2.45) is 0 Å².